The third-order valence-corrected chi connectivity index (χ3v) is 5.00. The van der Waals surface area contributed by atoms with Gasteiger partial charge >= 0.3 is 5.97 Å². The number of hydrogen-bond donors (Lipinski definition) is 1. The SMILES string of the molecule is CC(C)=CCCC(C)=CCCC(=CCN(C)CC(=O)O)C(C)C1CC1. The maximum atomic E-state index is 10.8. The number of likely N-dealkylation sites (N-methyl/N-ethyl adjacent to an activating group) is 1. The lowest BCUT2D eigenvalue weighted by atomic mass is 9.91. The Bertz CT molecular complexity index is 508. The Morgan fingerprint density at radius 3 is 2.32 bits per heavy atom. The second kappa shape index (κ2) is 11.3. The molecule has 1 aliphatic rings. The van der Waals surface area contributed by atoms with E-state index in [9.17, 15) is 4.79 Å². The van der Waals surface area contributed by atoms with Crippen molar-refractivity contribution in [1.29, 1.82) is 0 Å². The highest BCUT2D eigenvalue weighted by molar-refractivity contribution is 5.69. The van der Waals surface area contributed by atoms with Crippen molar-refractivity contribution in [3.8, 4) is 0 Å². The summed E-state index contributed by atoms with van der Waals surface area (Å²) in [4.78, 5) is 12.7. The highest BCUT2D eigenvalue weighted by atomic mass is 16.4. The van der Waals surface area contributed by atoms with Gasteiger partial charge in [-0.1, -0.05) is 41.9 Å². The molecule has 0 aromatic heterocycles. The molecule has 0 aliphatic heterocycles. The van der Waals surface area contributed by atoms with Crippen LogP contribution in [0, 0.1) is 11.8 Å². The van der Waals surface area contributed by atoms with Crippen molar-refractivity contribution in [3.05, 3.63) is 34.9 Å². The molecule has 0 saturated heterocycles. The number of aliphatic carboxylic acids is 1. The van der Waals surface area contributed by atoms with Gasteiger partial charge in [-0.3, -0.25) is 9.69 Å². The third kappa shape index (κ3) is 10.3. The number of allylic oxidation sites excluding steroid dienone is 5. The summed E-state index contributed by atoms with van der Waals surface area (Å²) in [5.74, 6) is 0.721. The lowest BCUT2D eigenvalue weighted by Gasteiger charge is -2.18. The van der Waals surface area contributed by atoms with Crippen LogP contribution in [0.15, 0.2) is 34.9 Å². The van der Waals surface area contributed by atoms with Gasteiger partial charge in [0.2, 0.25) is 0 Å². The zero-order valence-corrected chi connectivity index (χ0v) is 16.8. The van der Waals surface area contributed by atoms with Crippen molar-refractivity contribution >= 4 is 5.97 Å². The smallest absolute Gasteiger partial charge is 0.317 e. The van der Waals surface area contributed by atoms with Crippen LogP contribution >= 0.6 is 0 Å². The van der Waals surface area contributed by atoms with Gasteiger partial charge < -0.3 is 5.11 Å². The van der Waals surface area contributed by atoms with E-state index < -0.39 is 5.97 Å². The van der Waals surface area contributed by atoms with E-state index in [1.807, 2.05) is 11.9 Å². The number of hydrogen-bond acceptors (Lipinski definition) is 2. The van der Waals surface area contributed by atoms with Gasteiger partial charge in [-0.15, -0.1) is 0 Å². The molecule has 1 atom stereocenters. The van der Waals surface area contributed by atoms with E-state index >= 15 is 0 Å². The molecule has 3 nitrogen and oxygen atoms in total. The minimum atomic E-state index is -0.761. The molecule has 0 radical (unpaired) electrons. The minimum absolute atomic E-state index is 0.102. The van der Waals surface area contributed by atoms with Crippen LogP contribution in [0.3, 0.4) is 0 Å². The summed E-state index contributed by atoms with van der Waals surface area (Å²) in [5, 5.41) is 8.89. The van der Waals surface area contributed by atoms with Crippen molar-refractivity contribution in [3.63, 3.8) is 0 Å². The average molecular weight is 348 g/mol. The van der Waals surface area contributed by atoms with Gasteiger partial charge in [0, 0.05) is 6.54 Å². The fourth-order valence-corrected chi connectivity index (χ4v) is 3.16. The average Bonchev–Trinajstić information content (AvgIpc) is 3.33. The molecule has 1 unspecified atom stereocenters. The molecule has 0 aromatic carbocycles. The Labute approximate surface area is 154 Å². The van der Waals surface area contributed by atoms with Gasteiger partial charge in [0.1, 0.15) is 0 Å². The summed E-state index contributed by atoms with van der Waals surface area (Å²) in [6, 6.07) is 0. The standard InChI is InChI=1S/C22H37NO2/c1-17(2)8-6-9-18(3)10-7-11-20(19(4)21-12-13-21)14-15-23(5)16-22(24)25/h8,10,14,19,21H,6-7,9,11-13,15-16H2,1-5H3,(H,24,25). The Morgan fingerprint density at radius 1 is 1.12 bits per heavy atom. The first-order chi connectivity index (χ1) is 11.8. The largest absolute Gasteiger partial charge is 0.480 e. The Morgan fingerprint density at radius 2 is 1.76 bits per heavy atom. The van der Waals surface area contributed by atoms with Crippen LogP contribution in [-0.4, -0.2) is 36.1 Å². The molecule has 142 valence electrons. The molecule has 1 aliphatic carbocycles. The Hall–Kier alpha value is -1.35. The summed E-state index contributed by atoms with van der Waals surface area (Å²) in [7, 11) is 1.87. The summed E-state index contributed by atoms with van der Waals surface area (Å²) in [6.07, 6.45) is 14.1. The van der Waals surface area contributed by atoms with Crippen LogP contribution in [-0.2, 0) is 4.79 Å². The zero-order chi connectivity index (χ0) is 18.8. The summed E-state index contributed by atoms with van der Waals surface area (Å²) >= 11 is 0. The number of carboxylic acids is 1. The van der Waals surface area contributed by atoms with E-state index in [-0.39, 0.29) is 6.54 Å². The van der Waals surface area contributed by atoms with Gasteiger partial charge in [0.15, 0.2) is 0 Å². The van der Waals surface area contributed by atoms with Gasteiger partial charge in [-0.25, -0.2) is 0 Å². The van der Waals surface area contributed by atoms with Gasteiger partial charge in [0.25, 0.3) is 0 Å². The molecular formula is C22H37NO2. The predicted octanol–water partition coefficient (Wildman–Crippen LogP) is 5.45. The molecule has 1 rings (SSSR count). The van der Waals surface area contributed by atoms with Gasteiger partial charge in [-0.2, -0.15) is 0 Å². The topological polar surface area (TPSA) is 40.5 Å². The van der Waals surface area contributed by atoms with E-state index in [4.69, 9.17) is 5.11 Å². The molecule has 0 amide bonds. The molecule has 1 fully saturated rings. The maximum Gasteiger partial charge on any atom is 0.317 e. The lowest BCUT2D eigenvalue weighted by molar-refractivity contribution is -0.137. The summed E-state index contributed by atoms with van der Waals surface area (Å²) in [6.45, 7) is 9.69. The van der Waals surface area contributed by atoms with Crippen molar-refractivity contribution in [2.75, 3.05) is 20.1 Å². The van der Waals surface area contributed by atoms with E-state index in [1.54, 1.807) is 0 Å². The summed E-state index contributed by atoms with van der Waals surface area (Å²) < 4.78 is 0. The molecule has 0 bridgehead atoms. The highest BCUT2D eigenvalue weighted by Crippen LogP contribution is 2.41. The van der Waals surface area contributed by atoms with Crippen LogP contribution in [0.1, 0.15) is 66.2 Å². The van der Waals surface area contributed by atoms with Crippen molar-refractivity contribution < 1.29 is 9.90 Å². The molecular weight excluding hydrogens is 310 g/mol. The fraction of sp³-hybridized carbons (Fsp3) is 0.682. The minimum Gasteiger partial charge on any atom is -0.480 e. The highest BCUT2D eigenvalue weighted by Gasteiger charge is 2.29. The van der Waals surface area contributed by atoms with Crippen LogP contribution in [0.4, 0.5) is 0 Å². The molecule has 25 heavy (non-hydrogen) atoms. The monoisotopic (exact) mass is 347 g/mol. The van der Waals surface area contributed by atoms with Gasteiger partial charge in [0.05, 0.1) is 6.54 Å². The molecule has 0 spiro atoms. The van der Waals surface area contributed by atoms with Crippen LogP contribution in [0.5, 0.6) is 0 Å². The molecule has 0 heterocycles. The molecule has 0 aromatic rings. The number of rotatable bonds is 12. The number of carbonyl (C=O) groups is 1. The van der Waals surface area contributed by atoms with E-state index in [0.29, 0.717) is 5.92 Å². The first-order valence-corrected chi connectivity index (χ1v) is 9.67. The zero-order valence-electron chi connectivity index (χ0n) is 16.8. The third-order valence-electron chi connectivity index (χ3n) is 5.00. The number of nitrogens with zero attached hydrogens (tertiary/aromatic N) is 1. The normalized spacial score (nSPS) is 16.9. The first kappa shape index (κ1) is 21.7. The van der Waals surface area contributed by atoms with E-state index in [0.717, 1.165) is 38.1 Å². The maximum absolute atomic E-state index is 10.8. The van der Waals surface area contributed by atoms with Crippen LogP contribution < -0.4 is 0 Å². The van der Waals surface area contributed by atoms with Crippen LogP contribution in [0.2, 0.25) is 0 Å². The second-order valence-corrected chi connectivity index (χ2v) is 7.90. The Kier molecular flexibility index (Phi) is 9.81. The number of carboxylic acid groups (broad SMARTS) is 1. The quantitative estimate of drug-likeness (QED) is 0.477. The van der Waals surface area contributed by atoms with Crippen molar-refractivity contribution in [2.24, 2.45) is 11.8 Å². The predicted molar refractivity (Wildman–Crippen MR) is 107 cm³/mol. The molecule has 1 saturated carbocycles. The molecule has 3 heteroatoms. The van der Waals surface area contributed by atoms with E-state index in [1.165, 1.54) is 29.6 Å². The van der Waals surface area contributed by atoms with Crippen molar-refractivity contribution in [2.45, 2.75) is 66.2 Å². The first-order valence-electron chi connectivity index (χ1n) is 9.67. The second-order valence-electron chi connectivity index (χ2n) is 7.90. The Balaban J connectivity index is 2.53. The fourth-order valence-electron chi connectivity index (χ4n) is 3.16. The van der Waals surface area contributed by atoms with Crippen molar-refractivity contribution in [1.82, 2.24) is 4.90 Å². The van der Waals surface area contributed by atoms with E-state index in [2.05, 4.69) is 45.9 Å². The lowest BCUT2D eigenvalue weighted by Crippen LogP contribution is -2.26. The van der Waals surface area contributed by atoms with Gasteiger partial charge in [-0.05, 0) is 78.2 Å². The summed E-state index contributed by atoms with van der Waals surface area (Å²) in [5.41, 5.74) is 4.37. The molecule has 1 N–H and O–H groups in total. The van der Waals surface area contributed by atoms with Crippen LogP contribution in [0.25, 0.3) is 0 Å².